The van der Waals surface area contributed by atoms with Gasteiger partial charge in [0, 0.05) is 7.05 Å². The standard InChI is InChI=1S/C5H3F4NO2/c1-10-2(11)4(6,7)5(8,9)3(10)12/h1H3. The number of likely N-dealkylation sites (tertiary alicyclic amines) is 1. The first-order valence-corrected chi connectivity index (χ1v) is 2.81. The number of amides is 2. The summed E-state index contributed by atoms with van der Waals surface area (Å²) in [7, 11) is 0.583. The van der Waals surface area contributed by atoms with Crippen LogP contribution >= 0.6 is 0 Å². The molecule has 1 aliphatic rings. The van der Waals surface area contributed by atoms with Crippen molar-refractivity contribution in [1.82, 2.24) is 4.90 Å². The molecule has 3 nitrogen and oxygen atoms in total. The van der Waals surface area contributed by atoms with Gasteiger partial charge >= 0.3 is 23.7 Å². The van der Waals surface area contributed by atoms with Gasteiger partial charge < -0.3 is 0 Å². The lowest BCUT2D eigenvalue weighted by Gasteiger charge is -2.11. The Bertz CT molecular complexity index is 236. The van der Waals surface area contributed by atoms with Crippen molar-refractivity contribution in [3.63, 3.8) is 0 Å². The van der Waals surface area contributed by atoms with Crippen LogP contribution in [0.5, 0.6) is 0 Å². The average molecular weight is 185 g/mol. The van der Waals surface area contributed by atoms with Crippen LogP contribution in [0.4, 0.5) is 17.6 Å². The van der Waals surface area contributed by atoms with Crippen LogP contribution in [0.25, 0.3) is 0 Å². The summed E-state index contributed by atoms with van der Waals surface area (Å²) in [5.74, 6) is -14.1. The van der Waals surface area contributed by atoms with E-state index >= 15 is 0 Å². The topological polar surface area (TPSA) is 37.4 Å². The highest BCUT2D eigenvalue weighted by Gasteiger charge is 2.75. The van der Waals surface area contributed by atoms with Crippen molar-refractivity contribution in [3.8, 4) is 0 Å². The van der Waals surface area contributed by atoms with Crippen molar-refractivity contribution in [2.45, 2.75) is 11.8 Å². The molecule has 1 heterocycles. The highest BCUT2D eigenvalue weighted by Crippen LogP contribution is 2.42. The second-order valence-corrected chi connectivity index (χ2v) is 2.32. The van der Waals surface area contributed by atoms with E-state index in [9.17, 15) is 27.2 Å². The van der Waals surface area contributed by atoms with E-state index in [0.29, 0.717) is 7.05 Å². The Kier molecular flexibility index (Phi) is 1.46. The Morgan fingerprint density at radius 2 is 1.25 bits per heavy atom. The number of carbonyl (C=O) groups excluding carboxylic acids is 2. The number of hydrogen-bond acceptors (Lipinski definition) is 2. The third-order valence-corrected chi connectivity index (χ3v) is 1.54. The number of halogens is 4. The number of carbonyl (C=O) groups is 2. The van der Waals surface area contributed by atoms with Gasteiger partial charge in [-0.2, -0.15) is 17.6 Å². The van der Waals surface area contributed by atoms with Gasteiger partial charge in [0.05, 0.1) is 0 Å². The Hall–Kier alpha value is -1.14. The third kappa shape index (κ3) is 0.705. The average Bonchev–Trinajstić information content (AvgIpc) is 2.05. The largest absolute Gasteiger partial charge is 0.396 e. The maximum Gasteiger partial charge on any atom is 0.396 e. The van der Waals surface area contributed by atoms with Crippen LogP contribution in [0.2, 0.25) is 0 Å². The van der Waals surface area contributed by atoms with Gasteiger partial charge in [-0.25, -0.2) is 0 Å². The first-order valence-electron chi connectivity index (χ1n) is 2.81. The monoisotopic (exact) mass is 185 g/mol. The summed E-state index contributed by atoms with van der Waals surface area (Å²) in [5.41, 5.74) is 0. The molecule has 0 aliphatic carbocycles. The molecule has 0 unspecified atom stereocenters. The lowest BCUT2D eigenvalue weighted by Crippen LogP contribution is -2.43. The van der Waals surface area contributed by atoms with Crippen molar-refractivity contribution < 1.29 is 27.2 Å². The molecule has 0 bridgehead atoms. The van der Waals surface area contributed by atoms with Crippen molar-refractivity contribution in [2.24, 2.45) is 0 Å². The van der Waals surface area contributed by atoms with Crippen LogP contribution < -0.4 is 0 Å². The quantitative estimate of drug-likeness (QED) is 0.401. The van der Waals surface area contributed by atoms with Crippen LogP contribution in [0.3, 0.4) is 0 Å². The van der Waals surface area contributed by atoms with Crippen LogP contribution in [-0.2, 0) is 9.59 Å². The first kappa shape index (κ1) is 8.95. The Morgan fingerprint density at radius 3 is 1.33 bits per heavy atom. The SMILES string of the molecule is CN1C(=O)C(F)(F)C(F)(F)C1=O. The fourth-order valence-corrected chi connectivity index (χ4v) is 0.782. The van der Waals surface area contributed by atoms with E-state index in [1.54, 1.807) is 0 Å². The maximum absolute atomic E-state index is 12.3. The van der Waals surface area contributed by atoms with E-state index in [1.807, 2.05) is 0 Å². The molecule has 12 heavy (non-hydrogen) atoms. The van der Waals surface area contributed by atoms with E-state index in [1.165, 1.54) is 0 Å². The normalized spacial score (nSPS) is 26.6. The molecular formula is C5H3F4NO2. The molecule has 1 fully saturated rings. The summed E-state index contributed by atoms with van der Waals surface area (Å²) in [6, 6.07) is 0. The molecule has 2 amide bonds. The second kappa shape index (κ2) is 1.96. The minimum absolute atomic E-state index is 0.278. The summed E-state index contributed by atoms with van der Waals surface area (Å²) in [4.78, 5) is 20.4. The number of alkyl halides is 4. The number of rotatable bonds is 0. The van der Waals surface area contributed by atoms with Gasteiger partial charge in [0.25, 0.3) is 0 Å². The van der Waals surface area contributed by atoms with Gasteiger partial charge in [-0.3, -0.25) is 14.5 Å². The Balaban J connectivity index is 3.24. The molecule has 0 spiro atoms. The number of nitrogens with zero attached hydrogens (tertiary/aromatic N) is 1. The summed E-state index contributed by atoms with van der Waals surface area (Å²) in [5, 5.41) is 0. The fraction of sp³-hybridized carbons (Fsp3) is 0.600. The maximum atomic E-state index is 12.3. The molecule has 0 radical (unpaired) electrons. The zero-order valence-corrected chi connectivity index (χ0v) is 5.78. The van der Waals surface area contributed by atoms with Crippen molar-refractivity contribution >= 4 is 11.8 Å². The second-order valence-electron chi connectivity index (χ2n) is 2.32. The molecule has 7 heteroatoms. The van der Waals surface area contributed by atoms with E-state index in [-0.39, 0.29) is 4.90 Å². The molecule has 0 aromatic rings. The predicted molar refractivity (Wildman–Crippen MR) is 27.7 cm³/mol. The van der Waals surface area contributed by atoms with Gasteiger partial charge in [0.15, 0.2) is 0 Å². The number of hydrogen-bond donors (Lipinski definition) is 0. The highest BCUT2D eigenvalue weighted by atomic mass is 19.3. The molecule has 1 rings (SSSR count). The zero-order valence-electron chi connectivity index (χ0n) is 5.78. The molecule has 0 aromatic carbocycles. The van der Waals surface area contributed by atoms with E-state index in [0.717, 1.165) is 0 Å². The van der Waals surface area contributed by atoms with Crippen LogP contribution in [0, 0.1) is 0 Å². The molecule has 0 N–H and O–H groups in total. The molecule has 1 saturated heterocycles. The molecular weight excluding hydrogens is 182 g/mol. The van der Waals surface area contributed by atoms with Gasteiger partial charge in [0.2, 0.25) is 0 Å². The van der Waals surface area contributed by atoms with E-state index in [2.05, 4.69) is 0 Å². The molecule has 0 saturated carbocycles. The number of imide groups is 1. The van der Waals surface area contributed by atoms with E-state index in [4.69, 9.17) is 0 Å². The molecule has 68 valence electrons. The zero-order chi connectivity index (χ0) is 9.73. The van der Waals surface area contributed by atoms with Crippen LogP contribution in [0.1, 0.15) is 0 Å². The summed E-state index contributed by atoms with van der Waals surface area (Å²) in [6.07, 6.45) is 0. The minimum atomic E-state index is -4.90. The van der Waals surface area contributed by atoms with Gasteiger partial charge in [-0.1, -0.05) is 0 Å². The lowest BCUT2D eigenvalue weighted by molar-refractivity contribution is -0.192. The van der Waals surface area contributed by atoms with Gasteiger partial charge in [-0.15, -0.1) is 0 Å². The van der Waals surface area contributed by atoms with Crippen LogP contribution in [-0.4, -0.2) is 35.6 Å². The van der Waals surface area contributed by atoms with Gasteiger partial charge in [0.1, 0.15) is 0 Å². The predicted octanol–water partition coefficient (Wildman–Crippen LogP) is 0.256. The third-order valence-electron chi connectivity index (χ3n) is 1.54. The van der Waals surface area contributed by atoms with Gasteiger partial charge in [-0.05, 0) is 0 Å². The smallest absolute Gasteiger partial charge is 0.275 e. The summed E-state index contributed by atoms with van der Waals surface area (Å²) in [6.45, 7) is 0. The van der Waals surface area contributed by atoms with Crippen LogP contribution in [0.15, 0.2) is 0 Å². The fourth-order valence-electron chi connectivity index (χ4n) is 0.782. The Morgan fingerprint density at radius 1 is 1.00 bits per heavy atom. The Labute approximate surface area is 63.9 Å². The van der Waals surface area contributed by atoms with Crippen molar-refractivity contribution in [1.29, 1.82) is 0 Å². The van der Waals surface area contributed by atoms with E-state index < -0.39 is 23.7 Å². The first-order chi connectivity index (χ1) is 5.23. The summed E-state index contributed by atoms with van der Waals surface area (Å²) < 4.78 is 49.0. The van der Waals surface area contributed by atoms with Crippen molar-refractivity contribution in [3.05, 3.63) is 0 Å². The molecule has 0 atom stereocenters. The highest BCUT2D eigenvalue weighted by molar-refractivity contribution is 6.10. The lowest BCUT2D eigenvalue weighted by atomic mass is 10.2. The molecule has 0 aromatic heterocycles. The van der Waals surface area contributed by atoms with Crippen molar-refractivity contribution in [2.75, 3.05) is 7.05 Å². The summed E-state index contributed by atoms with van der Waals surface area (Å²) >= 11 is 0. The minimum Gasteiger partial charge on any atom is -0.275 e. The molecule has 1 aliphatic heterocycles.